The van der Waals surface area contributed by atoms with Gasteiger partial charge >= 0.3 is 5.69 Å². The highest BCUT2D eigenvalue weighted by Gasteiger charge is 2.10. The van der Waals surface area contributed by atoms with Crippen LogP contribution in [0.15, 0.2) is 38.5 Å². The van der Waals surface area contributed by atoms with Crippen molar-refractivity contribution in [2.45, 2.75) is 6.54 Å². The molecule has 2 rings (SSSR count). The van der Waals surface area contributed by atoms with Crippen molar-refractivity contribution >= 4 is 23.3 Å². The van der Waals surface area contributed by atoms with Crippen molar-refractivity contribution in [3.63, 3.8) is 0 Å². The molecule has 0 aromatic carbocycles. The minimum atomic E-state index is -0.645. The predicted octanol–water partition coefficient (Wildman–Crippen LogP) is 0.355. The van der Waals surface area contributed by atoms with Crippen LogP contribution in [0.25, 0.3) is 0 Å². The van der Waals surface area contributed by atoms with E-state index in [0.717, 1.165) is 6.07 Å². The van der Waals surface area contributed by atoms with Crippen LogP contribution in [0.3, 0.4) is 0 Å². The highest BCUT2D eigenvalue weighted by Crippen LogP contribution is 2.07. The van der Waals surface area contributed by atoms with E-state index >= 15 is 0 Å². The average molecular weight is 284 g/mol. The van der Waals surface area contributed by atoms with E-state index in [2.05, 4.69) is 10.3 Å². The zero-order valence-electron chi connectivity index (χ0n) is 9.68. The van der Waals surface area contributed by atoms with Gasteiger partial charge in [0.05, 0.1) is 12.8 Å². The molecule has 0 radical (unpaired) electrons. The predicted molar refractivity (Wildman–Crippen MR) is 68.5 cm³/mol. The largest absolute Gasteiger partial charge is 0.467 e. The van der Waals surface area contributed by atoms with E-state index in [4.69, 9.17) is 16.0 Å². The molecular formula is C11H10ClN3O4. The van der Waals surface area contributed by atoms with Crippen molar-refractivity contribution in [1.82, 2.24) is 9.55 Å². The fourth-order valence-electron chi connectivity index (χ4n) is 1.52. The third-order valence-electron chi connectivity index (χ3n) is 2.32. The number of aromatic nitrogens is 2. The van der Waals surface area contributed by atoms with E-state index in [1.165, 1.54) is 10.8 Å². The lowest BCUT2D eigenvalue weighted by atomic mass is 10.4. The first-order chi connectivity index (χ1) is 9.10. The number of halogens is 1. The number of hydrogen-bond donors (Lipinski definition) is 2. The number of furan rings is 1. The number of aromatic amines is 1. The van der Waals surface area contributed by atoms with Gasteiger partial charge in [-0.1, -0.05) is 0 Å². The molecule has 2 aromatic rings. The number of H-pyrrole nitrogens is 1. The smallest absolute Gasteiger partial charge is 0.330 e. The van der Waals surface area contributed by atoms with Crippen molar-refractivity contribution in [3.8, 4) is 0 Å². The molecule has 0 aliphatic carbocycles. The fourth-order valence-corrected chi connectivity index (χ4v) is 1.58. The molecule has 1 amide bonds. The molecule has 100 valence electrons. The van der Waals surface area contributed by atoms with Gasteiger partial charge in [-0.2, -0.15) is 0 Å². The summed E-state index contributed by atoms with van der Waals surface area (Å²) in [4.78, 5) is 36.4. The number of nitrogens with zero attached hydrogens (tertiary/aromatic N) is 1. The molecule has 0 aliphatic rings. The Morgan fingerprint density at radius 1 is 1.47 bits per heavy atom. The highest BCUT2D eigenvalue weighted by molar-refractivity contribution is 6.29. The molecule has 2 N–H and O–H groups in total. The summed E-state index contributed by atoms with van der Waals surface area (Å²) in [5, 5.41) is 2.38. The maximum Gasteiger partial charge on any atom is 0.330 e. The van der Waals surface area contributed by atoms with Crippen LogP contribution in [0, 0.1) is 0 Å². The van der Waals surface area contributed by atoms with Crippen molar-refractivity contribution in [3.05, 3.63) is 51.1 Å². The quantitative estimate of drug-likeness (QED) is 0.792. The van der Waals surface area contributed by atoms with Crippen LogP contribution in [0.1, 0.15) is 5.76 Å². The maximum absolute atomic E-state index is 11.7. The molecule has 0 saturated heterocycles. The SMILES string of the molecule is O=C(CCl)Nc1cc(=O)[nH]c(=O)n1Cc1ccco1. The van der Waals surface area contributed by atoms with Crippen LogP contribution in [0.2, 0.25) is 0 Å². The van der Waals surface area contributed by atoms with Crippen LogP contribution in [0.5, 0.6) is 0 Å². The van der Waals surface area contributed by atoms with Crippen LogP contribution in [0.4, 0.5) is 5.82 Å². The van der Waals surface area contributed by atoms with Gasteiger partial charge in [-0.15, -0.1) is 11.6 Å². The third kappa shape index (κ3) is 3.14. The molecule has 0 unspecified atom stereocenters. The number of alkyl halides is 1. The average Bonchev–Trinajstić information content (AvgIpc) is 2.86. The molecule has 0 atom stereocenters. The van der Waals surface area contributed by atoms with Crippen LogP contribution in [-0.2, 0) is 11.3 Å². The zero-order valence-corrected chi connectivity index (χ0v) is 10.4. The molecule has 0 bridgehead atoms. The normalized spacial score (nSPS) is 10.4. The number of carbonyl (C=O) groups is 1. The second-order valence-electron chi connectivity index (χ2n) is 3.67. The second kappa shape index (κ2) is 5.57. The Morgan fingerprint density at radius 3 is 2.89 bits per heavy atom. The number of nitrogens with one attached hydrogen (secondary N) is 2. The molecule has 2 aromatic heterocycles. The summed E-state index contributed by atoms with van der Waals surface area (Å²) in [7, 11) is 0. The number of carbonyl (C=O) groups excluding carboxylic acids is 1. The standard InChI is InChI=1S/C11H10ClN3O4/c12-5-10(17)13-8-4-9(16)14-11(18)15(8)6-7-2-1-3-19-7/h1-4H,5-6H2,(H,13,17)(H,14,16,18). The Balaban J connectivity index is 2.42. The number of hydrogen-bond acceptors (Lipinski definition) is 4. The first-order valence-corrected chi connectivity index (χ1v) is 5.86. The summed E-state index contributed by atoms with van der Waals surface area (Å²) in [5.74, 6) is -0.215. The van der Waals surface area contributed by atoms with E-state index in [1.807, 2.05) is 0 Å². The Morgan fingerprint density at radius 2 is 2.26 bits per heavy atom. The van der Waals surface area contributed by atoms with E-state index in [0.29, 0.717) is 5.76 Å². The lowest BCUT2D eigenvalue weighted by Gasteiger charge is -2.10. The Bertz CT molecular complexity index is 687. The zero-order chi connectivity index (χ0) is 13.8. The van der Waals surface area contributed by atoms with Crippen LogP contribution in [-0.4, -0.2) is 21.3 Å². The molecule has 8 heteroatoms. The first kappa shape index (κ1) is 13.2. The monoisotopic (exact) mass is 283 g/mol. The second-order valence-corrected chi connectivity index (χ2v) is 3.94. The Hall–Kier alpha value is -2.28. The Labute approximate surface area is 111 Å². The molecule has 0 aliphatic heterocycles. The summed E-state index contributed by atoms with van der Waals surface area (Å²) < 4.78 is 6.29. The molecule has 7 nitrogen and oxygen atoms in total. The third-order valence-corrected chi connectivity index (χ3v) is 2.56. The maximum atomic E-state index is 11.7. The lowest BCUT2D eigenvalue weighted by Crippen LogP contribution is -2.33. The van der Waals surface area contributed by atoms with Crippen molar-refractivity contribution in [2.75, 3.05) is 11.2 Å². The van der Waals surface area contributed by atoms with Crippen molar-refractivity contribution in [2.24, 2.45) is 0 Å². The van der Waals surface area contributed by atoms with Gasteiger partial charge < -0.3 is 9.73 Å². The van der Waals surface area contributed by atoms with Gasteiger partial charge in [-0.05, 0) is 12.1 Å². The van der Waals surface area contributed by atoms with Gasteiger partial charge in [-0.25, -0.2) is 4.79 Å². The summed E-state index contributed by atoms with van der Waals surface area (Å²) in [6.07, 6.45) is 1.46. The molecule has 0 fully saturated rings. The van der Waals surface area contributed by atoms with Gasteiger partial charge in [0, 0.05) is 6.07 Å². The number of rotatable bonds is 4. The van der Waals surface area contributed by atoms with E-state index < -0.39 is 17.2 Å². The van der Waals surface area contributed by atoms with Gasteiger partial charge in [-0.3, -0.25) is 19.1 Å². The van der Waals surface area contributed by atoms with Gasteiger partial charge in [0.15, 0.2) is 0 Å². The molecule has 19 heavy (non-hydrogen) atoms. The first-order valence-electron chi connectivity index (χ1n) is 5.32. The van der Waals surface area contributed by atoms with Gasteiger partial charge in [0.25, 0.3) is 5.56 Å². The number of amides is 1. The molecule has 2 heterocycles. The minimum absolute atomic E-state index is 0.0656. The topological polar surface area (TPSA) is 97.1 Å². The highest BCUT2D eigenvalue weighted by atomic mass is 35.5. The molecule has 0 saturated carbocycles. The van der Waals surface area contributed by atoms with Crippen molar-refractivity contribution in [1.29, 1.82) is 0 Å². The number of anilines is 1. The van der Waals surface area contributed by atoms with Crippen LogP contribution >= 0.6 is 11.6 Å². The van der Waals surface area contributed by atoms with E-state index in [1.54, 1.807) is 12.1 Å². The fraction of sp³-hybridized carbons (Fsp3) is 0.182. The molecule has 0 spiro atoms. The van der Waals surface area contributed by atoms with Gasteiger partial charge in [0.2, 0.25) is 5.91 Å². The Kier molecular flexibility index (Phi) is 3.86. The minimum Gasteiger partial charge on any atom is -0.467 e. The molecular weight excluding hydrogens is 274 g/mol. The van der Waals surface area contributed by atoms with E-state index in [-0.39, 0.29) is 18.2 Å². The van der Waals surface area contributed by atoms with Crippen LogP contribution < -0.4 is 16.6 Å². The lowest BCUT2D eigenvalue weighted by molar-refractivity contribution is -0.114. The summed E-state index contributed by atoms with van der Waals surface area (Å²) in [6.45, 7) is 0.0838. The van der Waals surface area contributed by atoms with Gasteiger partial charge in [0.1, 0.15) is 17.5 Å². The summed E-state index contributed by atoms with van der Waals surface area (Å²) in [5.41, 5.74) is -1.25. The summed E-state index contributed by atoms with van der Waals surface area (Å²) in [6, 6.07) is 4.45. The van der Waals surface area contributed by atoms with Crippen molar-refractivity contribution < 1.29 is 9.21 Å². The van der Waals surface area contributed by atoms with E-state index in [9.17, 15) is 14.4 Å². The summed E-state index contributed by atoms with van der Waals surface area (Å²) >= 11 is 5.37.